The lowest BCUT2D eigenvalue weighted by atomic mass is 9.93. The molecule has 2 N–H and O–H groups in total. The highest BCUT2D eigenvalue weighted by Crippen LogP contribution is 2.19. The van der Waals surface area contributed by atoms with Gasteiger partial charge in [-0.15, -0.1) is 0 Å². The number of aromatic amines is 1. The summed E-state index contributed by atoms with van der Waals surface area (Å²) in [6, 6.07) is 0. The summed E-state index contributed by atoms with van der Waals surface area (Å²) in [5.41, 5.74) is 0.604. The van der Waals surface area contributed by atoms with Crippen LogP contribution in [-0.2, 0) is 11.3 Å². The number of nitrogens with zero attached hydrogens (tertiary/aromatic N) is 5. The Hall–Kier alpha value is -2.35. The summed E-state index contributed by atoms with van der Waals surface area (Å²) in [6.07, 6.45) is 7.55. The van der Waals surface area contributed by atoms with Gasteiger partial charge in [-0.3, -0.25) is 14.9 Å². The maximum absolute atomic E-state index is 12.0. The minimum Gasteiger partial charge on any atom is -0.349 e. The number of hydrogen-bond donors (Lipinski definition) is 2. The molecule has 0 unspecified atom stereocenters. The second-order valence-electron chi connectivity index (χ2n) is 5.92. The first-order valence-electron chi connectivity index (χ1n) is 7.83. The van der Waals surface area contributed by atoms with Gasteiger partial charge in [0.15, 0.2) is 0 Å². The molecule has 2 aromatic heterocycles. The van der Waals surface area contributed by atoms with Crippen LogP contribution < -0.4 is 5.32 Å². The van der Waals surface area contributed by atoms with Crippen LogP contribution in [0.2, 0.25) is 0 Å². The smallest absolute Gasteiger partial charge is 0.220 e. The van der Waals surface area contributed by atoms with Crippen molar-refractivity contribution in [2.24, 2.45) is 5.92 Å². The van der Waals surface area contributed by atoms with Crippen LogP contribution in [0.5, 0.6) is 0 Å². The highest BCUT2D eigenvalue weighted by molar-refractivity contribution is 5.76. The second-order valence-corrected chi connectivity index (χ2v) is 5.92. The van der Waals surface area contributed by atoms with E-state index in [4.69, 9.17) is 0 Å². The van der Waals surface area contributed by atoms with Gasteiger partial charge in [-0.1, -0.05) is 0 Å². The monoisotopic (exact) mass is 315 g/mol. The van der Waals surface area contributed by atoms with E-state index in [-0.39, 0.29) is 5.91 Å². The minimum atomic E-state index is 0.0667. The van der Waals surface area contributed by atoms with Crippen molar-refractivity contribution in [3.8, 4) is 11.5 Å². The number of amides is 1. The van der Waals surface area contributed by atoms with E-state index in [0.717, 1.165) is 25.9 Å². The molecule has 0 atom stereocenters. The van der Waals surface area contributed by atoms with Gasteiger partial charge in [0, 0.05) is 18.8 Å². The molecule has 0 spiro atoms. The number of rotatable bonds is 5. The molecule has 122 valence electrons. The number of H-pyrrole nitrogens is 1. The molecule has 8 heteroatoms. The number of aromatic nitrogens is 5. The highest BCUT2D eigenvalue weighted by atomic mass is 16.1. The quantitative estimate of drug-likeness (QED) is 0.838. The summed E-state index contributed by atoms with van der Waals surface area (Å²) in [6.45, 7) is 2.49. The van der Waals surface area contributed by atoms with Crippen LogP contribution in [0.4, 0.5) is 0 Å². The number of carbonyl (C=O) groups excluding carboxylic acids is 1. The first-order valence-corrected chi connectivity index (χ1v) is 7.83. The van der Waals surface area contributed by atoms with Crippen LogP contribution in [0.1, 0.15) is 25.1 Å². The van der Waals surface area contributed by atoms with E-state index in [2.05, 4.69) is 42.4 Å². The Labute approximate surface area is 134 Å². The SMILES string of the molecule is CN1CCC(CC(=O)NCc2nc(-c3cnccn3)n[nH]2)CC1. The third-order valence-corrected chi connectivity index (χ3v) is 4.09. The molecule has 23 heavy (non-hydrogen) atoms. The Bertz CT molecular complexity index is 634. The van der Waals surface area contributed by atoms with Crippen molar-refractivity contribution < 1.29 is 4.79 Å². The molecule has 1 fully saturated rings. The lowest BCUT2D eigenvalue weighted by Gasteiger charge is -2.28. The summed E-state index contributed by atoms with van der Waals surface area (Å²) >= 11 is 0. The molecule has 3 heterocycles. The molecule has 1 aliphatic rings. The van der Waals surface area contributed by atoms with Gasteiger partial charge in [0.2, 0.25) is 11.7 Å². The van der Waals surface area contributed by atoms with E-state index < -0.39 is 0 Å². The Kier molecular flexibility index (Phi) is 4.92. The Balaban J connectivity index is 1.47. The van der Waals surface area contributed by atoms with Gasteiger partial charge in [0.25, 0.3) is 0 Å². The number of hydrogen-bond acceptors (Lipinski definition) is 6. The first-order chi connectivity index (χ1) is 11.2. The molecular formula is C15H21N7O. The van der Waals surface area contributed by atoms with Crippen LogP contribution >= 0.6 is 0 Å². The minimum absolute atomic E-state index is 0.0667. The third kappa shape index (κ3) is 4.32. The zero-order chi connectivity index (χ0) is 16.1. The average Bonchev–Trinajstić information content (AvgIpc) is 3.05. The van der Waals surface area contributed by atoms with Crippen molar-refractivity contribution in [2.45, 2.75) is 25.8 Å². The van der Waals surface area contributed by atoms with E-state index in [0.29, 0.717) is 36.2 Å². The molecule has 0 radical (unpaired) electrons. The van der Waals surface area contributed by atoms with Gasteiger partial charge < -0.3 is 10.2 Å². The molecule has 0 aliphatic carbocycles. The van der Waals surface area contributed by atoms with E-state index >= 15 is 0 Å². The van der Waals surface area contributed by atoms with Gasteiger partial charge in [-0.05, 0) is 38.9 Å². The zero-order valence-corrected chi connectivity index (χ0v) is 13.2. The Morgan fingerprint density at radius 3 is 2.96 bits per heavy atom. The van der Waals surface area contributed by atoms with E-state index in [1.807, 2.05) is 0 Å². The topological polar surface area (TPSA) is 99.7 Å². The van der Waals surface area contributed by atoms with Crippen molar-refractivity contribution in [3.63, 3.8) is 0 Å². The summed E-state index contributed by atoms with van der Waals surface area (Å²) in [5, 5.41) is 9.81. The predicted molar refractivity (Wildman–Crippen MR) is 84.1 cm³/mol. The lowest BCUT2D eigenvalue weighted by Crippen LogP contribution is -2.33. The standard InChI is InChI=1S/C15H21N7O/c1-22-6-2-11(3-7-22)8-14(23)18-10-13-19-15(21-20-13)12-9-16-4-5-17-12/h4-5,9,11H,2-3,6-8,10H2,1H3,(H,18,23)(H,19,20,21). The molecule has 3 rings (SSSR count). The van der Waals surface area contributed by atoms with Gasteiger partial charge in [-0.25, -0.2) is 9.97 Å². The first kappa shape index (κ1) is 15.5. The van der Waals surface area contributed by atoms with Gasteiger partial charge in [0.1, 0.15) is 11.5 Å². The van der Waals surface area contributed by atoms with Gasteiger partial charge in [-0.2, -0.15) is 5.10 Å². The highest BCUT2D eigenvalue weighted by Gasteiger charge is 2.19. The number of nitrogens with one attached hydrogen (secondary N) is 2. The second kappa shape index (κ2) is 7.28. The summed E-state index contributed by atoms with van der Waals surface area (Å²) in [4.78, 5) is 26.8. The third-order valence-electron chi connectivity index (χ3n) is 4.09. The van der Waals surface area contributed by atoms with Crippen LogP contribution in [0.25, 0.3) is 11.5 Å². The fourth-order valence-corrected chi connectivity index (χ4v) is 2.69. The van der Waals surface area contributed by atoms with Crippen LogP contribution in [0, 0.1) is 5.92 Å². The van der Waals surface area contributed by atoms with Crippen molar-refractivity contribution in [3.05, 3.63) is 24.4 Å². The molecule has 8 nitrogen and oxygen atoms in total. The largest absolute Gasteiger partial charge is 0.349 e. The lowest BCUT2D eigenvalue weighted by molar-refractivity contribution is -0.122. The van der Waals surface area contributed by atoms with E-state index in [1.165, 1.54) is 0 Å². The fraction of sp³-hybridized carbons (Fsp3) is 0.533. The van der Waals surface area contributed by atoms with Gasteiger partial charge in [0.05, 0.1) is 12.7 Å². The maximum atomic E-state index is 12.0. The van der Waals surface area contributed by atoms with Crippen molar-refractivity contribution >= 4 is 5.91 Å². The molecule has 1 amide bonds. The summed E-state index contributed by atoms with van der Waals surface area (Å²) in [5.74, 6) is 1.65. The fourth-order valence-electron chi connectivity index (χ4n) is 2.69. The predicted octanol–water partition coefficient (Wildman–Crippen LogP) is 0.610. The molecule has 1 aliphatic heterocycles. The van der Waals surface area contributed by atoms with Crippen molar-refractivity contribution in [2.75, 3.05) is 20.1 Å². The van der Waals surface area contributed by atoms with E-state index in [1.54, 1.807) is 18.6 Å². The Morgan fingerprint density at radius 2 is 2.22 bits per heavy atom. The molecule has 2 aromatic rings. The zero-order valence-electron chi connectivity index (χ0n) is 13.2. The number of likely N-dealkylation sites (tertiary alicyclic amines) is 1. The summed E-state index contributed by atoms with van der Waals surface area (Å²) < 4.78 is 0. The van der Waals surface area contributed by atoms with Gasteiger partial charge >= 0.3 is 0 Å². The number of piperidine rings is 1. The van der Waals surface area contributed by atoms with Crippen molar-refractivity contribution in [1.29, 1.82) is 0 Å². The number of carbonyl (C=O) groups is 1. The van der Waals surface area contributed by atoms with Crippen molar-refractivity contribution in [1.82, 2.24) is 35.4 Å². The molecule has 0 saturated carbocycles. The Morgan fingerprint density at radius 1 is 1.39 bits per heavy atom. The van der Waals surface area contributed by atoms with Crippen LogP contribution in [0.3, 0.4) is 0 Å². The maximum Gasteiger partial charge on any atom is 0.220 e. The molecule has 1 saturated heterocycles. The van der Waals surface area contributed by atoms with Crippen LogP contribution in [-0.4, -0.2) is 56.1 Å². The van der Waals surface area contributed by atoms with Crippen LogP contribution in [0.15, 0.2) is 18.6 Å². The average molecular weight is 315 g/mol. The van der Waals surface area contributed by atoms with E-state index in [9.17, 15) is 4.79 Å². The normalized spacial score (nSPS) is 16.4. The summed E-state index contributed by atoms with van der Waals surface area (Å²) in [7, 11) is 2.12. The molecule has 0 bridgehead atoms. The molecular weight excluding hydrogens is 294 g/mol. The molecule has 0 aromatic carbocycles.